The summed E-state index contributed by atoms with van der Waals surface area (Å²) in [6.07, 6.45) is 4.14. The fourth-order valence-corrected chi connectivity index (χ4v) is 2.65. The van der Waals surface area contributed by atoms with Crippen LogP contribution in [0.2, 0.25) is 5.02 Å². The third-order valence-corrected chi connectivity index (χ3v) is 3.67. The number of hydrogen-bond acceptors (Lipinski definition) is 3. The van der Waals surface area contributed by atoms with Gasteiger partial charge in [0.2, 0.25) is 0 Å². The lowest BCUT2D eigenvalue weighted by Crippen LogP contribution is -2.22. The van der Waals surface area contributed by atoms with Crippen molar-refractivity contribution >= 4 is 17.3 Å². The molecule has 1 unspecified atom stereocenters. The predicted octanol–water partition coefficient (Wildman–Crippen LogP) is 2.66. The standard InChI is InChI=1S/C12H11ClF2N4/c13-11-9(14)1-2-10(15)12(11)18-5-3-8(7-18)19-6-4-16-17-19/h1-2,4,6,8H,3,5,7H2. The molecule has 100 valence electrons. The monoisotopic (exact) mass is 284 g/mol. The largest absolute Gasteiger partial charge is 0.366 e. The molecule has 1 aliphatic rings. The molecule has 19 heavy (non-hydrogen) atoms. The first-order chi connectivity index (χ1) is 9.16. The molecule has 1 aliphatic heterocycles. The lowest BCUT2D eigenvalue weighted by Gasteiger charge is -2.20. The maximum atomic E-state index is 13.8. The summed E-state index contributed by atoms with van der Waals surface area (Å²) in [6.45, 7) is 1.13. The number of rotatable bonds is 2. The predicted molar refractivity (Wildman–Crippen MR) is 67.3 cm³/mol. The minimum absolute atomic E-state index is 0.0984. The van der Waals surface area contributed by atoms with Gasteiger partial charge in [0, 0.05) is 19.3 Å². The van der Waals surface area contributed by atoms with Crippen LogP contribution in [-0.4, -0.2) is 28.1 Å². The molecule has 7 heteroatoms. The van der Waals surface area contributed by atoms with Crippen molar-refractivity contribution in [2.24, 2.45) is 0 Å². The molecule has 1 aromatic heterocycles. The molecule has 0 bridgehead atoms. The SMILES string of the molecule is Fc1ccc(F)c(N2CCC(n3ccnn3)C2)c1Cl. The van der Waals surface area contributed by atoms with E-state index in [0.717, 1.165) is 18.6 Å². The summed E-state index contributed by atoms with van der Waals surface area (Å²) in [5.41, 5.74) is 0.129. The Morgan fingerprint density at radius 1 is 1.26 bits per heavy atom. The summed E-state index contributed by atoms with van der Waals surface area (Å²) in [5.74, 6) is -1.12. The molecule has 0 saturated carbocycles. The summed E-state index contributed by atoms with van der Waals surface area (Å²) in [7, 11) is 0. The van der Waals surface area contributed by atoms with Gasteiger partial charge < -0.3 is 4.90 Å². The molecule has 0 radical (unpaired) electrons. The summed E-state index contributed by atoms with van der Waals surface area (Å²) in [6, 6.07) is 2.23. The Bertz CT molecular complexity index is 588. The molecule has 1 aromatic carbocycles. The van der Waals surface area contributed by atoms with Crippen LogP contribution < -0.4 is 4.90 Å². The summed E-state index contributed by atoms with van der Waals surface area (Å²) < 4.78 is 29.0. The van der Waals surface area contributed by atoms with E-state index in [0.29, 0.717) is 13.1 Å². The zero-order chi connectivity index (χ0) is 13.4. The fraction of sp³-hybridized carbons (Fsp3) is 0.333. The summed E-state index contributed by atoms with van der Waals surface area (Å²) in [4.78, 5) is 1.74. The van der Waals surface area contributed by atoms with Gasteiger partial charge in [-0.2, -0.15) is 0 Å². The van der Waals surface area contributed by atoms with Crippen molar-refractivity contribution < 1.29 is 8.78 Å². The van der Waals surface area contributed by atoms with Crippen molar-refractivity contribution in [2.45, 2.75) is 12.5 Å². The van der Waals surface area contributed by atoms with Crippen LogP contribution in [0.3, 0.4) is 0 Å². The molecule has 1 atom stereocenters. The van der Waals surface area contributed by atoms with Crippen LogP contribution in [-0.2, 0) is 0 Å². The molecule has 4 nitrogen and oxygen atoms in total. The zero-order valence-corrected chi connectivity index (χ0v) is 10.7. The Hall–Kier alpha value is -1.69. The number of hydrogen-bond donors (Lipinski definition) is 0. The van der Waals surface area contributed by atoms with Crippen molar-refractivity contribution in [3.05, 3.63) is 41.2 Å². The third kappa shape index (κ3) is 2.16. The lowest BCUT2D eigenvalue weighted by molar-refractivity contribution is 0.479. The van der Waals surface area contributed by atoms with Crippen molar-refractivity contribution in [1.82, 2.24) is 15.0 Å². The number of anilines is 1. The highest BCUT2D eigenvalue weighted by Gasteiger charge is 2.28. The van der Waals surface area contributed by atoms with Crippen LogP contribution in [0.25, 0.3) is 0 Å². The average Bonchev–Trinajstić information content (AvgIpc) is 3.04. The number of halogens is 3. The van der Waals surface area contributed by atoms with Gasteiger partial charge in [0.15, 0.2) is 0 Å². The molecule has 3 rings (SSSR count). The van der Waals surface area contributed by atoms with Crippen molar-refractivity contribution in [3.8, 4) is 0 Å². The van der Waals surface area contributed by atoms with Gasteiger partial charge in [0.25, 0.3) is 0 Å². The van der Waals surface area contributed by atoms with Crippen molar-refractivity contribution in [2.75, 3.05) is 18.0 Å². The third-order valence-electron chi connectivity index (χ3n) is 3.31. The normalized spacial score (nSPS) is 19.1. The molecular weight excluding hydrogens is 274 g/mol. The van der Waals surface area contributed by atoms with Gasteiger partial charge >= 0.3 is 0 Å². The molecule has 0 spiro atoms. The second kappa shape index (κ2) is 4.77. The smallest absolute Gasteiger partial charge is 0.148 e. The Morgan fingerprint density at radius 3 is 2.79 bits per heavy atom. The topological polar surface area (TPSA) is 34.0 Å². The van der Waals surface area contributed by atoms with Gasteiger partial charge in [-0.1, -0.05) is 16.8 Å². The highest BCUT2D eigenvalue weighted by molar-refractivity contribution is 6.33. The van der Waals surface area contributed by atoms with Crippen molar-refractivity contribution in [1.29, 1.82) is 0 Å². The molecule has 0 aliphatic carbocycles. The molecule has 2 heterocycles. The quantitative estimate of drug-likeness (QED) is 0.795. The second-order valence-electron chi connectivity index (χ2n) is 4.46. The fourth-order valence-electron chi connectivity index (χ4n) is 2.38. The maximum Gasteiger partial charge on any atom is 0.148 e. The van der Waals surface area contributed by atoms with E-state index in [1.54, 1.807) is 22.0 Å². The molecule has 0 N–H and O–H groups in total. The average molecular weight is 285 g/mol. The maximum absolute atomic E-state index is 13.8. The van der Waals surface area contributed by atoms with Crippen LogP contribution >= 0.6 is 11.6 Å². The van der Waals surface area contributed by atoms with E-state index in [-0.39, 0.29) is 16.8 Å². The number of aromatic nitrogens is 3. The molecular formula is C12H11ClF2N4. The van der Waals surface area contributed by atoms with Crippen LogP contribution in [0.1, 0.15) is 12.5 Å². The van der Waals surface area contributed by atoms with Gasteiger partial charge in [0.05, 0.1) is 17.9 Å². The van der Waals surface area contributed by atoms with Gasteiger partial charge in [-0.05, 0) is 18.6 Å². The first kappa shape index (κ1) is 12.3. The molecule has 0 amide bonds. The first-order valence-corrected chi connectivity index (χ1v) is 6.29. The Morgan fingerprint density at radius 2 is 2.05 bits per heavy atom. The van der Waals surface area contributed by atoms with E-state index in [9.17, 15) is 8.78 Å². The van der Waals surface area contributed by atoms with E-state index in [1.165, 1.54) is 0 Å². The van der Waals surface area contributed by atoms with E-state index >= 15 is 0 Å². The first-order valence-electron chi connectivity index (χ1n) is 5.91. The highest BCUT2D eigenvalue weighted by Crippen LogP contribution is 2.35. The second-order valence-corrected chi connectivity index (χ2v) is 4.84. The highest BCUT2D eigenvalue weighted by atomic mass is 35.5. The van der Waals surface area contributed by atoms with Gasteiger partial charge in [-0.3, -0.25) is 0 Å². The lowest BCUT2D eigenvalue weighted by atomic mass is 10.2. The Labute approximate surface area is 113 Å². The number of nitrogens with zero attached hydrogens (tertiary/aromatic N) is 4. The van der Waals surface area contributed by atoms with Crippen LogP contribution in [0.5, 0.6) is 0 Å². The van der Waals surface area contributed by atoms with Crippen LogP contribution in [0, 0.1) is 11.6 Å². The van der Waals surface area contributed by atoms with E-state index in [2.05, 4.69) is 10.3 Å². The number of benzene rings is 1. The summed E-state index contributed by atoms with van der Waals surface area (Å²) in [5, 5.41) is 7.51. The van der Waals surface area contributed by atoms with Crippen LogP contribution in [0.15, 0.2) is 24.5 Å². The summed E-state index contributed by atoms with van der Waals surface area (Å²) >= 11 is 5.86. The zero-order valence-electron chi connectivity index (χ0n) is 9.93. The minimum Gasteiger partial charge on any atom is -0.366 e. The van der Waals surface area contributed by atoms with E-state index < -0.39 is 11.6 Å². The molecule has 2 aromatic rings. The van der Waals surface area contributed by atoms with Crippen LogP contribution in [0.4, 0.5) is 14.5 Å². The Balaban J connectivity index is 1.87. The Kier molecular flexibility index (Phi) is 3.10. The van der Waals surface area contributed by atoms with E-state index in [1.807, 2.05) is 0 Å². The van der Waals surface area contributed by atoms with Gasteiger partial charge in [-0.25, -0.2) is 13.5 Å². The van der Waals surface area contributed by atoms with Gasteiger partial charge in [0.1, 0.15) is 16.7 Å². The minimum atomic E-state index is -0.609. The molecule has 1 fully saturated rings. The van der Waals surface area contributed by atoms with E-state index in [4.69, 9.17) is 11.6 Å². The van der Waals surface area contributed by atoms with Crippen molar-refractivity contribution in [3.63, 3.8) is 0 Å². The molecule has 1 saturated heterocycles. The van der Waals surface area contributed by atoms with Gasteiger partial charge in [-0.15, -0.1) is 5.10 Å².